The maximum atomic E-state index is 6.33. The summed E-state index contributed by atoms with van der Waals surface area (Å²) in [6, 6.07) is 9.85. The van der Waals surface area contributed by atoms with Gasteiger partial charge in [-0.05, 0) is 45.7 Å². The maximum Gasteiger partial charge on any atom is 0.124 e. The first-order chi connectivity index (χ1) is 9.22. The molecule has 1 aromatic carbocycles. The number of methoxy groups -OCH3 is 1. The molecule has 0 radical (unpaired) electrons. The molecule has 2 rings (SSSR count). The Bertz CT molecular complexity index is 530. The molecule has 0 saturated carbocycles. The van der Waals surface area contributed by atoms with Crippen molar-refractivity contribution in [1.29, 1.82) is 0 Å². The summed E-state index contributed by atoms with van der Waals surface area (Å²) in [5, 5.41) is 2.10. The van der Waals surface area contributed by atoms with Gasteiger partial charge in [-0.3, -0.25) is 0 Å². The van der Waals surface area contributed by atoms with Gasteiger partial charge >= 0.3 is 0 Å². The summed E-state index contributed by atoms with van der Waals surface area (Å²) < 4.78 is 12.0. The van der Waals surface area contributed by atoms with Gasteiger partial charge in [-0.15, -0.1) is 11.3 Å². The molecule has 2 N–H and O–H groups in total. The Morgan fingerprint density at radius 3 is 2.79 bits per heavy atom. The smallest absolute Gasteiger partial charge is 0.124 e. The molecule has 1 atom stereocenters. The van der Waals surface area contributed by atoms with E-state index in [0.717, 1.165) is 16.9 Å². The number of hydrogen-bond acceptors (Lipinski definition) is 4. The average Bonchev–Trinajstić information content (AvgIpc) is 2.85. The molecule has 5 heteroatoms. The van der Waals surface area contributed by atoms with E-state index in [1.165, 1.54) is 2.88 Å². The van der Waals surface area contributed by atoms with Crippen LogP contribution in [-0.2, 0) is 4.74 Å². The van der Waals surface area contributed by atoms with Crippen molar-refractivity contribution in [3.05, 3.63) is 49.7 Å². The van der Waals surface area contributed by atoms with Gasteiger partial charge in [0.25, 0.3) is 0 Å². The molecule has 0 saturated heterocycles. The Morgan fingerprint density at radius 2 is 2.11 bits per heavy atom. The third kappa shape index (κ3) is 3.92. The van der Waals surface area contributed by atoms with Crippen molar-refractivity contribution in [3.8, 4) is 5.75 Å². The summed E-state index contributed by atoms with van der Waals surface area (Å²) in [5.74, 6) is 0.827. The molecule has 3 nitrogen and oxygen atoms in total. The average molecular weight is 389 g/mol. The lowest BCUT2D eigenvalue weighted by Crippen LogP contribution is -2.14. The minimum absolute atomic E-state index is 0.154. The number of rotatable bonds is 6. The summed E-state index contributed by atoms with van der Waals surface area (Å²) in [5.41, 5.74) is 8.46. The molecule has 0 amide bonds. The molecule has 0 aliphatic rings. The standard InChI is InChI=1S/C14H16INO2S/c1-17-6-7-18-12-5-3-2-4-11(12)14(16)10-8-13(15)19-9-10/h2-5,8-9,14H,6-7,16H2,1H3. The zero-order valence-electron chi connectivity index (χ0n) is 10.6. The van der Waals surface area contributed by atoms with Gasteiger partial charge in [-0.1, -0.05) is 18.2 Å². The van der Waals surface area contributed by atoms with Crippen LogP contribution >= 0.6 is 33.9 Å². The van der Waals surface area contributed by atoms with Crippen LogP contribution in [0.5, 0.6) is 5.75 Å². The first-order valence-corrected chi connectivity index (χ1v) is 7.88. The molecule has 19 heavy (non-hydrogen) atoms. The predicted molar refractivity (Wildman–Crippen MR) is 86.9 cm³/mol. The summed E-state index contributed by atoms with van der Waals surface area (Å²) in [6.45, 7) is 1.10. The van der Waals surface area contributed by atoms with E-state index in [9.17, 15) is 0 Å². The van der Waals surface area contributed by atoms with E-state index in [4.69, 9.17) is 15.2 Å². The van der Waals surface area contributed by atoms with Crippen LogP contribution in [0, 0.1) is 2.88 Å². The second-order valence-corrected chi connectivity index (χ2v) is 6.85. The zero-order valence-corrected chi connectivity index (χ0v) is 13.6. The molecule has 102 valence electrons. The van der Waals surface area contributed by atoms with Gasteiger partial charge in [0.05, 0.1) is 15.5 Å². The van der Waals surface area contributed by atoms with Gasteiger partial charge in [0.15, 0.2) is 0 Å². The van der Waals surface area contributed by atoms with Crippen molar-refractivity contribution in [2.45, 2.75) is 6.04 Å². The quantitative estimate of drug-likeness (QED) is 0.608. The van der Waals surface area contributed by atoms with Crippen LogP contribution in [0.4, 0.5) is 0 Å². The monoisotopic (exact) mass is 389 g/mol. The lowest BCUT2D eigenvalue weighted by atomic mass is 10.0. The summed E-state index contributed by atoms with van der Waals surface area (Å²) >= 11 is 4.01. The minimum Gasteiger partial charge on any atom is -0.491 e. The third-order valence-corrected chi connectivity index (χ3v) is 4.55. The second kappa shape index (κ2) is 7.23. The van der Waals surface area contributed by atoms with Crippen molar-refractivity contribution >= 4 is 33.9 Å². The largest absolute Gasteiger partial charge is 0.491 e. The van der Waals surface area contributed by atoms with Crippen molar-refractivity contribution < 1.29 is 9.47 Å². The predicted octanol–water partition coefficient (Wildman–Crippen LogP) is 3.43. The van der Waals surface area contributed by atoms with Gasteiger partial charge < -0.3 is 15.2 Å². The number of nitrogens with two attached hydrogens (primary N) is 1. The number of halogens is 1. The minimum atomic E-state index is -0.154. The van der Waals surface area contributed by atoms with Crippen LogP contribution in [-0.4, -0.2) is 20.3 Å². The number of benzene rings is 1. The highest BCUT2D eigenvalue weighted by Gasteiger charge is 2.15. The normalized spacial score (nSPS) is 12.4. The second-order valence-electron chi connectivity index (χ2n) is 4.04. The molecule has 0 aliphatic carbocycles. The van der Waals surface area contributed by atoms with E-state index in [0.29, 0.717) is 13.2 Å². The maximum absolute atomic E-state index is 6.33. The Hall–Kier alpha value is -0.630. The van der Waals surface area contributed by atoms with Gasteiger partial charge in [-0.2, -0.15) is 0 Å². The van der Waals surface area contributed by atoms with E-state index in [-0.39, 0.29) is 6.04 Å². The van der Waals surface area contributed by atoms with E-state index in [2.05, 4.69) is 34.0 Å². The van der Waals surface area contributed by atoms with Gasteiger partial charge in [-0.25, -0.2) is 0 Å². The highest BCUT2D eigenvalue weighted by atomic mass is 127. The van der Waals surface area contributed by atoms with E-state index in [1.54, 1.807) is 18.4 Å². The Labute approximate surface area is 130 Å². The van der Waals surface area contributed by atoms with Crippen LogP contribution in [0.15, 0.2) is 35.7 Å². The molecule has 1 heterocycles. The molecule has 1 aromatic heterocycles. The number of thiophene rings is 1. The first-order valence-electron chi connectivity index (χ1n) is 5.92. The first kappa shape index (κ1) is 14.8. The van der Waals surface area contributed by atoms with E-state index >= 15 is 0 Å². The molecule has 2 aromatic rings. The Kier molecular flexibility index (Phi) is 5.62. The van der Waals surface area contributed by atoms with Crippen LogP contribution in [0.2, 0.25) is 0 Å². The third-order valence-electron chi connectivity index (χ3n) is 2.75. The van der Waals surface area contributed by atoms with Crippen LogP contribution in [0.25, 0.3) is 0 Å². The number of hydrogen-bond donors (Lipinski definition) is 1. The van der Waals surface area contributed by atoms with Crippen LogP contribution < -0.4 is 10.5 Å². The highest BCUT2D eigenvalue weighted by molar-refractivity contribution is 14.1. The molecule has 1 unspecified atom stereocenters. The number of ether oxygens (including phenoxy) is 2. The molecular formula is C14H16INO2S. The van der Waals surface area contributed by atoms with E-state index < -0.39 is 0 Å². The fourth-order valence-corrected chi connectivity index (χ4v) is 3.18. The van der Waals surface area contributed by atoms with Crippen molar-refractivity contribution in [2.24, 2.45) is 5.73 Å². The van der Waals surface area contributed by atoms with Gasteiger partial charge in [0.1, 0.15) is 12.4 Å². The summed E-state index contributed by atoms with van der Waals surface area (Å²) in [7, 11) is 1.66. The lowest BCUT2D eigenvalue weighted by Gasteiger charge is -2.16. The molecule has 0 aliphatic heterocycles. The molecule has 0 spiro atoms. The highest BCUT2D eigenvalue weighted by Crippen LogP contribution is 2.30. The fourth-order valence-electron chi connectivity index (χ4n) is 1.77. The van der Waals surface area contributed by atoms with Crippen LogP contribution in [0.3, 0.4) is 0 Å². The SMILES string of the molecule is COCCOc1ccccc1C(N)c1csc(I)c1. The van der Waals surface area contributed by atoms with Crippen molar-refractivity contribution in [3.63, 3.8) is 0 Å². The Balaban J connectivity index is 2.18. The molecule has 0 bridgehead atoms. The summed E-state index contributed by atoms with van der Waals surface area (Å²) in [6.07, 6.45) is 0. The summed E-state index contributed by atoms with van der Waals surface area (Å²) in [4.78, 5) is 0. The van der Waals surface area contributed by atoms with Gasteiger partial charge in [0.2, 0.25) is 0 Å². The fraction of sp³-hybridized carbons (Fsp3) is 0.286. The molecular weight excluding hydrogens is 373 g/mol. The zero-order chi connectivity index (χ0) is 13.7. The van der Waals surface area contributed by atoms with E-state index in [1.807, 2.05) is 24.3 Å². The lowest BCUT2D eigenvalue weighted by molar-refractivity contribution is 0.145. The topological polar surface area (TPSA) is 44.5 Å². The van der Waals surface area contributed by atoms with Crippen molar-refractivity contribution in [2.75, 3.05) is 20.3 Å². The van der Waals surface area contributed by atoms with Crippen LogP contribution in [0.1, 0.15) is 17.2 Å². The van der Waals surface area contributed by atoms with Gasteiger partial charge in [0, 0.05) is 12.7 Å². The molecule has 0 fully saturated rings. The number of para-hydroxylation sites is 1. The van der Waals surface area contributed by atoms with Crippen molar-refractivity contribution in [1.82, 2.24) is 0 Å². The Morgan fingerprint density at radius 1 is 1.32 bits per heavy atom.